The number of esters is 1. The molecule has 0 fully saturated rings. The molecule has 176 valence electrons. The first kappa shape index (κ1) is 24.2. The lowest BCUT2D eigenvalue weighted by Gasteiger charge is -2.18. The molecule has 0 saturated carbocycles. The summed E-state index contributed by atoms with van der Waals surface area (Å²) in [6.45, 7) is 2.20. The highest BCUT2D eigenvalue weighted by Crippen LogP contribution is 2.30. The van der Waals surface area contributed by atoms with Gasteiger partial charge >= 0.3 is 5.97 Å². The molecular weight excluding hydrogens is 442 g/mol. The van der Waals surface area contributed by atoms with E-state index in [4.69, 9.17) is 9.47 Å². The molecule has 10 heteroatoms. The van der Waals surface area contributed by atoms with E-state index < -0.39 is 33.2 Å². The molecular formula is C24H23N3O7. The Balaban J connectivity index is 1.75. The highest BCUT2D eigenvalue weighted by Gasteiger charge is 2.26. The van der Waals surface area contributed by atoms with Crippen LogP contribution in [0.5, 0.6) is 5.75 Å². The Morgan fingerprint density at radius 1 is 0.941 bits per heavy atom. The average Bonchev–Trinajstić information content (AvgIpc) is 2.84. The van der Waals surface area contributed by atoms with E-state index in [1.807, 2.05) is 30.3 Å². The Bertz CT molecular complexity index is 1150. The van der Waals surface area contributed by atoms with Crippen LogP contribution in [0.3, 0.4) is 0 Å². The molecule has 34 heavy (non-hydrogen) atoms. The number of benzene rings is 3. The molecule has 3 rings (SSSR count). The summed E-state index contributed by atoms with van der Waals surface area (Å²) in [4.78, 5) is 33.5. The van der Waals surface area contributed by atoms with E-state index in [-0.39, 0.29) is 18.7 Å². The number of non-ortho nitro benzene ring substituents is 1. The number of rotatable bonds is 11. The van der Waals surface area contributed by atoms with Crippen LogP contribution in [0.1, 0.15) is 18.1 Å². The van der Waals surface area contributed by atoms with Gasteiger partial charge in [0.2, 0.25) is 0 Å². The fourth-order valence-corrected chi connectivity index (χ4v) is 3.23. The van der Waals surface area contributed by atoms with Crippen LogP contribution in [-0.4, -0.2) is 28.5 Å². The maximum Gasteiger partial charge on any atom is 0.328 e. The molecule has 0 spiro atoms. The van der Waals surface area contributed by atoms with Crippen LogP contribution in [0.4, 0.5) is 17.1 Å². The van der Waals surface area contributed by atoms with Gasteiger partial charge in [-0.1, -0.05) is 42.5 Å². The van der Waals surface area contributed by atoms with Gasteiger partial charge in [-0.3, -0.25) is 20.2 Å². The maximum absolute atomic E-state index is 12.5. The zero-order valence-corrected chi connectivity index (χ0v) is 18.4. The average molecular weight is 465 g/mol. The predicted molar refractivity (Wildman–Crippen MR) is 125 cm³/mol. The van der Waals surface area contributed by atoms with Gasteiger partial charge in [0.15, 0.2) is 0 Å². The van der Waals surface area contributed by atoms with E-state index in [2.05, 4.69) is 5.32 Å². The molecule has 0 bridgehead atoms. The zero-order chi connectivity index (χ0) is 24.5. The normalized spacial score (nSPS) is 11.3. The van der Waals surface area contributed by atoms with Crippen LogP contribution in [-0.2, 0) is 22.6 Å². The third-order valence-corrected chi connectivity index (χ3v) is 4.90. The lowest BCUT2D eigenvalue weighted by Crippen LogP contribution is -2.33. The second-order valence-electron chi connectivity index (χ2n) is 7.29. The van der Waals surface area contributed by atoms with Crippen LogP contribution in [0, 0.1) is 20.2 Å². The molecule has 0 unspecified atom stereocenters. The van der Waals surface area contributed by atoms with E-state index in [0.29, 0.717) is 12.4 Å². The van der Waals surface area contributed by atoms with Crippen molar-refractivity contribution in [3.63, 3.8) is 0 Å². The molecule has 0 radical (unpaired) electrons. The molecule has 3 aromatic carbocycles. The summed E-state index contributed by atoms with van der Waals surface area (Å²) in [5.41, 5.74) is 0.852. The minimum Gasteiger partial charge on any atom is -0.489 e. The first-order valence-corrected chi connectivity index (χ1v) is 10.5. The number of nitro groups is 2. The number of hydrogen-bond acceptors (Lipinski definition) is 8. The molecule has 1 N–H and O–H groups in total. The molecule has 0 aliphatic carbocycles. The van der Waals surface area contributed by atoms with Gasteiger partial charge in [-0.15, -0.1) is 0 Å². The Morgan fingerprint density at radius 3 is 2.26 bits per heavy atom. The van der Waals surface area contributed by atoms with Gasteiger partial charge in [0.05, 0.1) is 22.5 Å². The number of nitro benzene ring substituents is 2. The molecule has 1 atom stereocenters. The molecule has 0 amide bonds. The number of nitrogens with zero attached hydrogens (tertiary/aromatic N) is 2. The van der Waals surface area contributed by atoms with E-state index in [1.165, 1.54) is 6.07 Å². The standard InChI is InChI=1S/C24H23N3O7/c1-2-33-24(28)22(25-21-13-10-19(26(29)30)15-23(21)27(31)32)14-17-8-11-20(12-9-17)34-16-18-6-4-3-5-7-18/h3-13,15,22,25H,2,14,16H2,1H3/t22-/m1/s1. The smallest absolute Gasteiger partial charge is 0.328 e. The van der Waals surface area contributed by atoms with Crippen molar-refractivity contribution < 1.29 is 24.1 Å². The number of carbonyl (C=O) groups is 1. The van der Waals surface area contributed by atoms with Crippen molar-refractivity contribution >= 4 is 23.0 Å². The van der Waals surface area contributed by atoms with Crippen molar-refractivity contribution in [1.82, 2.24) is 0 Å². The van der Waals surface area contributed by atoms with E-state index in [0.717, 1.165) is 23.3 Å². The van der Waals surface area contributed by atoms with Crippen molar-refractivity contribution in [2.24, 2.45) is 0 Å². The van der Waals surface area contributed by atoms with Crippen molar-refractivity contribution in [2.75, 3.05) is 11.9 Å². The predicted octanol–water partition coefficient (Wildman–Crippen LogP) is 4.67. The zero-order valence-electron chi connectivity index (χ0n) is 18.4. The summed E-state index contributed by atoms with van der Waals surface area (Å²) >= 11 is 0. The molecule has 3 aromatic rings. The van der Waals surface area contributed by atoms with Crippen LogP contribution in [0.25, 0.3) is 0 Å². The number of hydrogen-bond donors (Lipinski definition) is 1. The van der Waals surface area contributed by atoms with Gasteiger partial charge < -0.3 is 14.8 Å². The fourth-order valence-electron chi connectivity index (χ4n) is 3.23. The molecule has 0 aliphatic rings. The summed E-state index contributed by atoms with van der Waals surface area (Å²) in [5, 5.41) is 25.2. The van der Waals surface area contributed by atoms with Gasteiger partial charge in [-0.2, -0.15) is 0 Å². The van der Waals surface area contributed by atoms with E-state index in [9.17, 15) is 25.0 Å². The minimum absolute atomic E-state index is 0.0172. The van der Waals surface area contributed by atoms with Gasteiger partial charge in [0.25, 0.3) is 11.4 Å². The summed E-state index contributed by atoms with van der Waals surface area (Å²) in [6, 6.07) is 19.1. The lowest BCUT2D eigenvalue weighted by molar-refractivity contribution is -0.393. The van der Waals surface area contributed by atoms with E-state index >= 15 is 0 Å². The van der Waals surface area contributed by atoms with Crippen LogP contribution in [0.2, 0.25) is 0 Å². The Morgan fingerprint density at radius 2 is 1.65 bits per heavy atom. The first-order valence-electron chi connectivity index (χ1n) is 10.5. The van der Waals surface area contributed by atoms with Crippen molar-refractivity contribution in [3.8, 4) is 5.75 Å². The Hall–Kier alpha value is -4.47. The van der Waals surface area contributed by atoms with Crippen molar-refractivity contribution in [2.45, 2.75) is 26.0 Å². The molecule has 0 heterocycles. The number of ether oxygens (including phenoxy) is 2. The van der Waals surface area contributed by atoms with Crippen LogP contribution < -0.4 is 10.1 Å². The molecule has 10 nitrogen and oxygen atoms in total. The summed E-state index contributed by atoms with van der Waals surface area (Å²) in [7, 11) is 0. The van der Waals surface area contributed by atoms with Gasteiger partial charge in [-0.05, 0) is 36.2 Å². The Labute approximate surface area is 195 Å². The highest BCUT2D eigenvalue weighted by molar-refractivity contribution is 5.81. The number of carbonyl (C=O) groups excluding carboxylic acids is 1. The number of nitrogens with one attached hydrogen (secondary N) is 1. The molecule has 0 aliphatic heterocycles. The van der Waals surface area contributed by atoms with E-state index in [1.54, 1.807) is 31.2 Å². The van der Waals surface area contributed by atoms with Crippen molar-refractivity contribution in [3.05, 3.63) is 104 Å². The van der Waals surface area contributed by atoms with Crippen LogP contribution in [0.15, 0.2) is 72.8 Å². The van der Waals surface area contributed by atoms with Gasteiger partial charge in [-0.25, -0.2) is 4.79 Å². The fraction of sp³-hybridized carbons (Fsp3) is 0.208. The quantitative estimate of drug-likeness (QED) is 0.245. The molecule has 0 aromatic heterocycles. The summed E-state index contributed by atoms with van der Waals surface area (Å²) < 4.78 is 10.9. The summed E-state index contributed by atoms with van der Waals surface area (Å²) in [5.74, 6) is 0.0545. The van der Waals surface area contributed by atoms with Gasteiger partial charge in [0.1, 0.15) is 24.1 Å². The highest BCUT2D eigenvalue weighted by atomic mass is 16.6. The first-order chi connectivity index (χ1) is 16.4. The maximum atomic E-state index is 12.5. The minimum atomic E-state index is -0.948. The Kier molecular flexibility index (Phi) is 8.11. The monoisotopic (exact) mass is 465 g/mol. The van der Waals surface area contributed by atoms with Crippen LogP contribution >= 0.6 is 0 Å². The topological polar surface area (TPSA) is 134 Å². The summed E-state index contributed by atoms with van der Waals surface area (Å²) in [6.07, 6.45) is 0.173. The lowest BCUT2D eigenvalue weighted by atomic mass is 10.0. The van der Waals surface area contributed by atoms with Crippen molar-refractivity contribution in [1.29, 1.82) is 0 Å². The third kappa shape index (κ3) is 6.52. The van der Waals surface area contributed by atoms with Gasteiger partial charge in [0, 0.05) is 12.5 Å². The molecule has 0 saturated heterocycles. The second kappa shape index (κ2) is 11.4. The second-order valence-corrected chi connectivity index (χ2v) is 7.29. The SMILES string of the molecule is CCOC(=O)[C@@H](Cc1ccc(OCc2ccccc2)cc1)Nc1ccc([N+](=O)[O-])cc1[N+](=O)[O-]. The third-order valence-electron chi connectivity index (χ3n) is 4.90. The largest absolute Gasteiger partial charge is 0.489 e. The number of anilines is 1.